The lowest BCUT2D eigenvalue weighted by Gasteiger charge is -2.23. The quantitative estimate of drug-likeness (QED) is 0.568. The van der Waals surface area contributed by atoms with Gasteiger partial charge in [-0.3, -0.25) is 4.79 Å². The van der Waals surface area contributed by atoms with Crippen molar-refractivity contribution >= 4 is 15.9 Å². The Labute approximate surface area is 114 Å². The van der Waals surface area contributed by atoms with E-state index in [1.807, 2.05) is 0 Å². The number of nitrogens with zero attached hydrogens (tertiary/aromatic N) is 1. The number of carbonyl (C=O) groups is 1. The molecule has 7 heteroatoms. The van der Waals surface area contributed by atoms with Gasteiger partial charge in [0.1, 0.15) is 5.41 Å². The molecule has 1 rings (SSSR count). The zero-order valence-electron chi connectivity index (χ0n) is 11.2. The lowest BCUT2D eigenvalue weighted by atomic mass is 9.81. The summed E-state index contributed by atoms with van der Waals surface area (Å²) in [5.74, 6) is -0.271. The van der Waals surface area contributed by atoms with Crippen molar-refractivity contribution in [1.82, 2.24) is 10.0 Å². The minimum atomic E-state index is -3.24. The molecule has 0 aromatic heterocycles. The van der Waals surface area contributed by atoms with Gasteiger partial charge in [0.05, 0.1) is 12.3 Å². The SMILES string of the molecule is CS(=O)(=O)NCCNC(=O)C1(C#N)CCCCCC1. The van der Waals surface area contributed by atoms with Gasteiger partial charge in [-0.25, -0.2) is 13.1 Å². The van der Waals surface area contributed by atoms with Crippen molar-refractivity contribution in [3.05, 3.63) is 0 Å². The Morgan fingerprint density at radius 3 is 2.26 bits per heavy atom. The highest BCUT2D eigenvalue weighted by Crippen LogP contribution is 2.34. The second kappa shape index (κ2) is 6.87. The van der Waals surface area contributed by atoms with Crippen molar-refractivity contribution in [2.45, 2.75) is 38.5 Å². The van der Waals surface area contributed by atoms with Crippen molar-refractivity contribution in [3.63, 3.8) is 0 Å². The second-order valence-electron chi connectivity index (χ2n) is 5.03. The highest BCUT2D eigenvalue weighted by Gasteiger charge is 2.38. The first kappa shape index (κ1) is 15.9. The molecular weight excluding hydrogens is 266 g/mol. The molecule has 0 heterocycles. The molecule has 0 atom stereocenters. The average Bonchev–Trinajstić information content (AvgIpc) is 2.59. The largest absolute Gasteiger partial charge is 0.353 e. The smallest absolute Gasteiger partial charge is 0.240 e. The summed E-state index contributed by atoms with van der Waals surface area (Å²) in [6.45, 7) is 0.349. The third-order valence-corrected chi connectivity index (χ3v) is 4.11. The van der Waals surface area contributed by atoms with E-state index in [-0.39, 0.29) is 19.0 Å². The molecule has 6 nitrogen and oxygen atoms in total. The van der Waals surface area contributed by atoms with Gasteiger partial charge in [-0.1, -0.05) is 25.7 Å². The maximum absolute atomic E-state index is 12.1. The standard InChI is InChI=1S/C12H21N3O3S/c1-19(17,18)15-9-8-14-11(16)12(10-13)6-4-2-3-5-7-12/h15H,2-9H2,1H3,(H,14,16). The van der Waals surface area contributed by atoms with Crippen LogP contribution in [0.15, 0.2) is 0 Å². The van der Waals surface area contributed by atoms with E-state index in [1.165, 1.54) is 0 Å². The Morgan fingerprint density at radius 2 is 1.79 bits per heavy atom. The van der Waals surface area contributed by atoms with E-state index >= 15 is 0 Å². The summed E-state index contributed by atoms with van der Waals surface area (Å²) < 4.78 is 24.0. The molecule has 0 radical (unpaired) electrons. The van der Waals surface area contributed by atoms with E-state index in [0.29, 0.717) is 12.8 Å². The summed E-state index contributed by atoms with van der Waals surface area (Å²) in [6, 6.07) is 2.16. The highest BCUT2D eigenvalue weighted by molar-refractivity contribution is 7.88. The van der Waals surface area contributed by atoms with Crippen LogP contribution in [0.5, 0.6) is 0 Å². The van der Waals surface area contributed by atoms with Gasteiger partial charge in [-0.15, -0.1) is 0 Å². The van der Waals surface area contributed by atoms with Crippen LogP contribution in [-0.2, 0) is 14.8 Å². The number of hydrogen-bond acceptors (Lipinski definition) is 4. The lowest BCUT2D eigenvalue weighted by Crippen LogP contribution is -2.43. The number of hydrogen-bond donors (Lipinski definition) is 2. The second-order valence-corrected chi connectivity index (χ2v) is 6.86. The van der Waals surface area contributed by atoms with Crippen LogP contribution in [0, 0.1) is 16.7 Å². The monoisotopic (exact) mass is 287 g/mol. The molecule has 0 aromatic carbocycles. The molecule has 1 fully saturated rings. The van der Waals surface area contributed by atoms with E-state index in [0.717, 1.165) is 31.9 Å². The van der Waals surface area contributed by atoms with Gasteiger partial charge in [-0.2, -0.15) is 5.26 Å². The molecule has 1 aliphatic carbocycles. The van der Waals surface area contributed by atoms with Crippen molar-refractivity contribution in [2.75, 3.05) is 19.3 Å². The summed E-state index contributed by atoms with van der Waals surface area (Å²) >= 11 is 0. The van der Waals surface area contributed by atoms with Crippen LogP contribution in [0.25, 0.3) is 0 Å². The maximum atomic E-state index is 12.1. The molecule has 0 aromatic rings. The molecule has 1 aliphatic rings. The maximum Gasteiger partial charge on any atom is 0.240 e. The van der Waals surface area contributed by atoms with Crippen LogP contribution in [-0.4, -0.2) is 33.7 Å². The minimum Gasteiger partial charge on any atom is -0.353 e. The van der Waals surface area contributed by atoms with Crippen molar-refractivity contribution < 1.29 is 13.2 Å². The van der Waals surface area contributed by atoms with Crippen LogP contribution in [0.1, 0.15) is 38.5 Å². The van der Waals surface area contributed by atoms with Gasteiger partial charge in [0.2, 0.25) is 15.9 Å². The average molecular weight is 287 g/mol. The van der Waals surface area contributed by atoms with E-state index in [2.05, 4.69) is 16.1 Å². The molecule has 19 heavy (non-hydrogen) atoms. The van der Waals surface area contributed by atoms with Gasteiger partial charge in [0.25, 0.3) is 0 Å². The number of rotatable bonds is 5. The predicted octanol–water partition coefficient (Wildman–Crippen LogP) is 0.516. The van der Waals surface area contributed by atoms with E-state index in [1.54, 1.807) is 0 Å². The summed E-state index contributed by atoms with van der Waals surface area (Å²) in [4.78, 5) is 12.1. The Balaban J connectivity index is 2.48. The molecular formula is C12H21N3O3S. The molecule has 1 amide bonds. The zero-order valence-corrected chi connectivity index (χ0v) is 12.1. The number of nitriles is 1. The molecule has 0 saturated heterocycles. The van der Waals surface area contributed by atoms with E-state index in [9.17, 15) is 18.5 Å². The first-order chi connectivity index (χ1) is 8.90. The Bertz CT molecular complexity index is 445. The summed E-state index contributed by atoms with van der Waals surface area (Å²) in [5, 5.41) is 12.0. The van der Waals surface area contributed by atoms with Crippen molar-refractivity contribution in [2.24, 2.45) is 5.41 Å². The van der Waals surface area contributed by atoms with Crippen molar-refractivity contribution in [1.29, 1.82) is 5.26 Å². The molecule has 0 unspecified atom stereocenters. The topological polar surface area (TPSA) is 99.1 Å². The molecule has 2 N–H and O–H groups in total. The van der Waals surface area contributed by atoms with E-state index < -0.39 is 15.4 Å². The third-order valence-electron chi connectivity index (χ3n) is 3.38. The van der Waals surface area contributed by atoms with Crippen LogP contribution < -0.4 is 10.0 Å². The molecule has 1 saturated carbocycles. The van der Waals surface area contributed by atoms with Crippen LogP contribution in [0.3, 0.4) is 0 Å². The molecule has 0 bridgehead atoms. The Morgan fingerprint density at radius 1 is 1.21 bits per heavy atom. The summed E-state index contributed by atoms with van der Waals surface area (Å²) in [6.07, 6.45) is 6.16. The Hall–Kier alpha value is -1.13. The fraction of sp³-hybridized carbons (Fsp3) is 0.833. The first-order valence-corrected chi connectivity index (χ1v) is 8.43. The number of carbonyl (C=O) groups excluding carboxylic acids is 1. The highest BCUT2D eigenvalue weighted by atomic mass is 32.2. The number of amides is 1. The zero-order chi connectivity index (χ0) is 14.4. The molecule has 0 spiro atoms. The first-order valence-electron chi connectivity index (χ1n) is 6.54. The third kappa shape index (κ3) is 5.17. The lowest BCUT2D eigenvalue weighted by molar-refractivity contribution is -0.128. The minimum absolute atomic E-state index is 0.145. The van der Waals surface area contributed by atoms with Gasteiger partial charge in [0.15, 0.2) is 0 Å². The summed E-state index contributed by atoms with van der Waals surface area (Å²) in [5.41, 5.74) is -0.929. The van der Waals surface area contributed by atoms with Gasteiger partial charge < -0.3 is 5.32 Å². The fourth-order valence-electron chi connectivity index (χ4n) is 2.30. The molecule has 108 valence electrons. The fourth-order valence-corrected chi connectivity index (χ4v) is 2.78. The van der Waals surface area contributed by atoms with Crippen LogP contribution >= 0.6 is 0 Å². The predicted molar refractivity (Wildman–Crippen MR) is 71.6 cm³/mol. The van der Waals surface area contributed by atoms with Gasteiger partial charge in [0, 0.05) is 13.1 Å². The Kier molecular flexibility index (Phi) is 5.76. The van der Waals surface area contributed by atoms with Gasteiger partial charge >= 0.3 is 0 Å². The van der Waals surface area contributed by atoms with Crippen LogP contribution in [0.4, 0.5) is 0 Å². The van der Waals surface area contributed by atoms with Crippen molar-refractivity contribution in [3.8, 4) is 6.07 Å². The van der Waals surface area contributed by atoms with E-state index in [4.69, 9.17) is 0 Å². The van der Waals surface area contributed by atoms with Gasteiger partial charge in [-0.05, 0) is 12.8 Å². The number of sulfonamides is 1. The van der Waals surface area contributed by atoms with Crippen LogP contribution in [0.2, 0.25) is 0 Å². The normalized spacial score (nSPS) is 19.2. The molecule has 0 aliphatic heterocycles. The summed E-state index contributed by atoms with van der Waals surface area (Å²) in [7, 11) is -3.24. The number of nitrogens with one attached hydrogen (secondary N) is 2.